The predicted molar refractivity (Wildman–Crippen MR) is 162 cm³/mol. The Balaban J connectivity index is 1.80. The Morgan fingerprint density at radius 3 is 1.56 bits per heavy atom. The van der Waals surface area contributed by atoms with Gasteiger partial charge in [-0.1, -0.05) is 102 Å². The smallest absolute Gasteiger partial charge is 0.355 e. The second-order valence-electron chi connectivity index (χ2n) is 11.8. The lowest BCUT2D eigenvalue weighted by Gasteiger charge is -2.24. The van der Waals surface area contributed by atoms with Gasteiger partial charge in [0.05, 0.1) is 27.7 Å². The summed E-state index contributed by atoms with van der Waals surface area (Å²) in [5.74, 6) is -0.0239. The largest absolute Gasteiger partial charge is 0.472 e. The number of nitrogens with one attached hydrogen (secondary N) is 1. The first-order valence-corrected chi connectivity index (χ1v) is 16.9. The summed E-state index contributed by atoms with van der Waals surface area (Å²) in [6.45, 7) is 1.17. The maximum atomic E-state index is 11.8. The van der Waals surface area contributed by atoms with Gasteiger partial charge in [0.25, 0.3) is 5.91 Å². The quantitative estimate of drug-likeness (QED) is 0.0717. The number of benzene rings is 1. The van der Waals surface area contributed by atoms with Gasteiger partial charge in [-0.2, -0.15) is 0 Å². The van der Waals surface area contributed by atoms with Crippen molar-refractivity contribution in [3.05, 3.63) is 35.4 Å². The van der Waals surface area contributed by atoms with Crippen LogP contribution < -0.4 is 5.32 Å². The summed E-state index contributed by atoms with van der Waals surface area (Å²) in [5, 5.41) is 2.66. The Hall–Kier alpha value is -1.24. The van der Waals surface area contributed by atoms with Gasteiger partial charge in [0.2, 0.25) is 0 Å². The van der Waals surface area contributed by atoms with Crippen LogP contribution in [0.15, 0.2) is 24.3 Å². The van der Waals surface area contributed by atoms with Crippen LogP contribution in [0.4, 0.5) is 0 Å². The van der Waals surface area contributed by atoms with Gasteiger partial charge >= 0.3 is 7.82 Å². The molecule has 1 unspecified atom stereocenters. The van der Waals surface area contributed by atoms with Crippen molar-refractivity contribution in [3.8, 4) is 0 Å². The standard InChI is InChI=1S/C31H57N2O5P/c1-32-31(34)30-24-22-29(23-25-30)21-19-17-15-13-11-9-7-5-6-8-10-12-14-16-18-20-27-37-39(35,36)38-28-26-33(2,3)4/h22-25H,5-21,26-28H2,1-4H3,(H-,32,34,35,36)/p+1. The first-order chi connectivity index (χ1) is 18.6. The predicted octanol–water partition coefficient (Wildman–Crippen LogP) is 7.67. The summed E-state index contributed by atoms with van der Waals surface area (Å²) < 4.78 is 22.6. The maximum Gasteiger partial charge on any atom is 0.472 e. The molecule has 0 aliphatic rings. The Morgan fingerprint density at radius 2 is 1.13 bits per heavy atom. The number of amides is 1. The number of nitrogens with zero attached hydrogens (tertiary/aromatic N) is 1. The van der Waals surface area contributed by atoms with Gasteiger partial charge in [-0.05, 0) is 37.0 Å². The zero-order valence-electron chi connectivity index (χ0n) is 25.4. The number of phosphoric acid groups is 1. The van der Waals surface area contributed by atoms with Crippen molar-refractivity contribution < 1.29 is 27.8 Å². The van der Waals surface area contributed by atoms with Crippen molar-refractivity contribution in [1.29, 1.82) is 0 Å². The summed E-state index contributed by atoms with van der Waals surface area (Å²) in [5.41, 5.74) is 2.05. The number of hydrogen-bond acceptors (Lipinski definition) is 4. The second kappa shape index (κ2) is 21.5. The Kier molecular flexibility index (Phi) is 19.7. The molecular weight excluding hydrogens is 511 g/mol. The van der Waals surface area contributed by atoms with Gasteiger partial charge in [-0.15, -0.1) is 0 Å². The average Bonchev–Trinajstić information content (AvgIpc) is 2.89. The summed E-state index contributed by atoms with van der Waals surface area (Å²) >= 11 is 0. The molecule has 1 atom stereocenters. The molecule has 0 saturated heterocycles. The molecule has 1 amide bonds. The van der Waals surface area contributed by atoms with Crippen LogP contribution >= 0.6 is 7.82 Å². The minimum absolute atomic E-state index is 0.0239. The van der Waals surface area contributed by atoms with Gasteiger partial charge in [-0.25, -0.2) is 4.57 Å². The highest BCUT2D eigenvalue weighted by Crippen LogP contribution is 2.43. The molecule has 0 aliphatic carbocycles. The van der Waals surface area contributed by atoms with E-state index in [0.717, 1.165) is 31.2 Å². The van der Waals surface area contributed by atoms with E-state index in [1.807, 2.05) is 33.3 Å². The molecule has 1 aromatic rings. The van der Waals surface area contributed by atoms with Gasteiger partial charge < -0.3 is 14.7 Å². The van der Waals surface area contributed by atoms with Crippen LogP contribution in [0, 0.1) is 0 Å². The molecule has 0 aromatic heterocycles. The zero-order chi connectivity index (χ0) is 28.8. The number of carbonyl (C=O) groups is 1. The van der Waals surface area contributed by atoms with Gasteiger partial charge in [-0.3, -0.25) is 13.8 Å². The topological polar surface area (TPSA) is 84.9 Å². The van der Waals surface area contributed by atoms with Crippen molar-refractivity contribution in [1.82, 2.24) is 5.32 Å². The fraction of sp³-hybridized carbons (Fsp3) is 0.774. The van der Waals surface area contributed by atoms with Crippen LogP contribution in [0.2, 0.25) is 0 Å². The normalized spacial score (nSPS) is 13.4. The molecule has 226 valence electrons. The number of unbranched alkanes of at least 4 members (excludes halogenated alkanes) is 15. The van der Waals surface area contributed by atoms with E-state index in [9.17, 15) is 14.3 Å². The highest BCUT2D eigenvalue weighted by molar-refractivity contribution is 7.47. The molecule has 2 N–H and O–H groups in total. The van der Waals surface area contributed by atoms with Crippen LogP contribution in [-0.2, 0) is 20.0 Å². The van der Waals surface area contributed by atoms with E-state index in [1.54, 1.807) is 7.05 Å². The summed E-state index contributed by atoms with van der Waals surface area (Å²) in [4.78, 5) is 21.3. The molecule has 0 spiro atoms. The van der Waals surface area contributed by atoms with E-state index in [1.165, 1.54) is 89.0 Å². The van der Waals surface area contributed by atoms with Crippen molar-refractivity contribution in [2.24, 2.45) is 0 Å². The van der Waals surface area contributed by atoms with Crippen molar-refractivity contribution in [3.63, 3.8) is 0 Å². The molecule has 8 heteroatoms. The Morgan fingerprint density at radius 1 is 0.718 bits per heavy atom. The number of quaternary nitrogens is 1. The SMILES string of the molecule is CNC(=O)c1ccc(CCCCCCCCCCCCCCCCCCOP(=O)(O)OCC[N+](C)(C)C)cc1. The zero-order valence-corrected chi connectivity index (χ0v) is 26.3. The summed E-state index contributed by atoms with van der Waals surface area (Å²) in [6.07, 6.45) is 21.3. The van der Waals surface area contributed by atoms with Crippen LogP contribution in [0.1, 0.15) is 119 Å². The first kappa shape index (κ1) is 35.8. The monoisotopic (exact) mass is 569 g/mol. The molecule has 39 heavy (non-hydrogen) atoms. The first-order valence-electron chi connectivity index (χ1n) is 15.4. The van der Waals surface area contributed by atoms with Crippen LogP contribution in [0.3, 0.4) is 0 Å². The third-order valence-corrected chi connectivity index (χ3v) is 8.09. The minimum Gasteiger partial charge on any atom is -0.355 e. The molecule has 0 heterocycles. The molecular formula is C31H58N2O5P+. The molecule has 1 aromatic carbocycles. The third kappa shape index (κ3) is 21.2. The fourth-order valence-corrected chi connectivity index (χ4v) is 5.27. The minimum atomic E-state index is -3.90. The fourth-order valence-electron chi connectivity index (χ4n) is 4.52. The molecule has 0 bridgehead atoms. The third-order valence-electron chi connectivity index (χ3n) is 7.07. The van der Waals surface area contributed by atoms with E-state index in [-0.39, 0.29) is 19.1 Å². The van der Waals surface area contributed by atoms with Gasteiger partial charge in [0, 0.05) is 12.6 Å². The lowest BCUT2D eigenvalue weighted by Crippen LogP contribution is -2.37. The molecule has 1 rings (SSSR count). The Labute approximate surface area is 239 Å². The molecule has 0 radical (unpaired) electrons. The maximum absolute atomic E-state index is 11.8. The molecule has 7 nitrogen and oxygen atoms in total. The summed E-state index contributed by atoms with van der Waals surface area (Å²) in [6, 6.07) is 7.98. The number of hydrogen-bond donors (Lipinski definition) is 2. The Bertz CT molecular complexity index is 795. The number of phosphoric ester groups is 1. The number of rotatable bonds is 25. The van der Waals surface area contributed by atoms with E-state index in [4.69, 9.17) is 9.05 Å². The number of likely N-dealkylation sites (N-methyl/N-ethyl adjacent to an activating group) is 1. The lowest BCUT2D eigenvalue weighted by molar-refractivity contribution is -0.870. The van der Waals surface area contributed by atoms with E-state index < -0.39 is 7.82 Å². The van der Waals surface area contributed by atoms with E-state index in [0.29, 0.717) is 11.0 Å². The number of aryl methyl sites for hydroxylation is 1. The highest BCUT2D eigenvalue weighted by atomic mass is 31.2. The molecule has 0 aliphatic heterocycles. The van der Waals surface area contributed by atoms with Gasteiger partial charge in [0.15, 0.2) is 0 Å². The van der Waals surface area contributed by atoms with Crippen LogP contribution in [0.25, 0.3) is 0 Å². The summed E-state index contributed by atoms with van der Waals surface area (Å²) in [7, 11) is 3.80. The van der Waals surface area contributed by atoms with E-state index in [2.05, 4.69) is 17.4 Å². The lowest BCUT2D eigenvalue weighted by atomic mass is 10.0. The van der Waals surface area contributed by atoms with E-state index >= 15 is 0 Å². The van der Waals surface area contributed by atoms with Gasteiger partial charge in [0.1, 0.15) is 13.2 Å². The average molecular weight is 570 g/mol. The second-order valence-corrected chi connectivity index (χ2v) is 13.3. The van der Waals surface area contributed by atoms with Crippen molar-refractivity contribution >= 4 is 13.7 Å². The van der Waals surface area contributed by atoms with Crippen LogP contribution in [-0.4, -0.2) is 63.2 Å². The number of carbonyl (C=O) groups excluding carboxylic acids is 1. The van der Waals surface area contributed by atoms with Crippen molar-refractivity contribution in [2.45, 2.75) is 109 Å². The molecule has 0 fully saturated rings. The molecule has 0 saturated carbocycles. The highest BCUT2D eigenvalue weighted by Gasteiger charge is 2.21. The van der Waals surface area contributed by atoms with Crippen LogP contribution in [0.5, 0.6) is 0 Å². The van der Waals surface area contributed by atoms with Crippen molar-refractivity contribution in [2.75, 3.05) is 47.9 Å².